The average Bonchev–Trinajstić information content (AvgIpc) is 2.26. The van der Waals surface area contributed by atoms with E-state index in [0.717, 1.165) is 12.5 Å². The van der Waals surface area contributed by atoms with Crippen LogP contribution in [-0.4, -0.2) is 38.8 Å². The summed E-state index contributed by atoms with van der Waals surface area (Å²) in [6.07, 6.45) is 1.36. The van der Waals surface area contributed by atoms with E-state index in [4.69, 9.17) is 25.5 Å². The molecule has 0 rings (SSSR count). The maximum atomic E-state index is 9.28. The molecule has 0 bridgehead atoms. The van der Waals surface area contributed by atoms with Gasteiger partial charge in [0.15, 0.2) is 5.05 Å². The van der Waals surface area contributed by atoms with E-state index in [-0.39, 0.29) is 10.5 Å². The third-order valence-corrected chi connectivity index (χ3v) is 6.02. The van der Waals surface area contributed by atoms with Crippen LogP contribution in [0.3, 0.4) is 0 Å². The zero-order chi connectivity index (χ0) is 14.9. The SMILES string of the molecule is CCO[Si](CCC(C)(C)CC(O)=S)(OCC)OCC. The van der Waals surface area contributed by atoms with Crippen molar-refractivity contribution in [3.05, 3.63) is 0 Å². The van der Waals surface area contributed by atoms with Crippen molar-refractivity contribution < 1.29 is 18.4 Å². The lowest BCUT2D eigenvalue weighted by atomic mass is 9.87. The number of aliphatic hydroxyl groups is 1. The van der Waals surface area contributed by atoms with Gasteiger partial charge in [-0.25, -0.2) is 0 Å². The van der Waals surface area contributed by atoms with Gasteiger partial charge in [-0.2, -0.15) is 0 Å². The van der Waals surface area contributed by atoms with Gasteiger partial charge in [0.1, 0.15) is 0 Å². The minimum Gasteiger partial charge on any atom is -0.502 e. The highest BCUT2D eigenvalue weighted by molar-refractivity contribution is 7.80. The summed E-state index contributed by atoms with van der Waals surface area (Å²) < 4.78 is 17.4. The predicted molar refractivity (Wildman–Crippen MR) is 83.7 cm³/mol. The summed E-state index contributed by atoms with van der Waals surface area (Å²) in [5.41, 5.74) is -0.0740. The Morgan fingerprint density at radius 1 is 1.05 bits per heavy atom. The number of hydrogen-bond donors (Lipinski definition) is 1. The third kappa shape index (κ3) is 7.99. The van der Waals surface area contributed by atoms with E-state index >= 15 is 0 Å². The summed E-state index contributed by atoms with van der Waals surface area (Å²) in [6, 6.07) is 0.748. The smallest absolute Gasteiger partial charge is 0.500 e. The topological polar surface area (TPSA) is 47.9 Å². The van der Waals surface area contributed by atoms with Crippen molar-refractivity contribution in [1.29, 1.82) is 0 Å². The molecule has 0 aromatic heterocycles. The van der Waals surface area contributed by atoms with E-state index < -0.39 is 8.80 Å². The Morgan fingerprint density at radius 2 is 1.47 bits per heavy atom. The van der Waals surface area contributed by atoms with Gasteiger partial charge in [-0.1, -0.05) is 13.8 Å². The normalized spacial score (nSPS) is 12.7. The Hall–Kier alpha value is -0.0131. The van der Waals surface area contributed by atoms with Gasteiger partial charge in [0.2, 0.25) is 0 Å². The minimum atomic E-state index is -2.58. The zero-order valence-corrected chi connectivity index (χ0v) is 14.6. The largest absolute Gasteiger partial charge is 0.502 e. The maximum absolute atomic E-state index is 9.28. The molecule has 6 heteroatoms. The van der Waals surface area contributed by atoms with Crippen molar-refractivity contribution in [2.24, 2.45) is 5.41 Å². The van der Waals surface area contributed by atoms with Crippen LogP contribution in [0.4, 0.5) is 0 Å². The van der Waals surface area contributed by atoms with Gasteiger partial charge >= 0.3 is 8.80 Å². The Labute approximate surface area is 123 Å². The molecule has 0 aliphatic heterocycles. The molecule has 0 aliphatic rings. The molecular formula is C13H28O4SSi. The molecule has 0 spiro atoms. The number of rotatable bonds is 11. The van der Waals surface area contributed by atoms with Gasteiger partial charge in [-0.15, -0.1) is 0 Å². The van der Waals surface area contributed by atoms with Crippen molar-refractivity contribution in [3.8, 4) is 0 Å². The van der Waals surface area contributed by atoms with Crippen molar-refractivity contribution >= 4 is 26.1 Å². The Bertz CT molecular complexity index is 254. The molecular weight excluding hydrogens is 280 g/mol. The van der Waals surface area contributed by atoms with E-state index in [1.807, 2.05) is 20.8 Å². The molecule has 0 aliphatic carbocycles. The summed E-state index contributed by atoms with van der Waals surface area (Å²) in [5.74, 6) is 0. The van der Waals surface area contributed by atoms with Crippen LogP contribution in [0.25, 0.3) is 0 Å². The van der Waals surface area contributed by atoms with E-state index in [1.54, 1.807) is 0 Å². The number of hydrogen-bond acceptors (Lipinski definition) is 4. The van der Waals surface area contributed by atoms with Gasteiger partial charge in [-0.05, 0) is 44.8 Å². The van der Waals surface area contributed by atoms with E-state index in [1.165, 1.54) is 0 Å². The van der Waals surface area contributed by atoms with Gasteiger partial charge in [-0.3, -0.25) is 0 Å². The summed E-state index contributed by atoms with van der Waals surface area (Å²) in [4.78, 5) is 0. The van der Waals surface area contributed by atoms with Crippen molar-refractivity contribution in [2.45, 2.75) is 53.5 Å². The summed E-state index contributed by atoms with van der Waals surface area (Å²) in [6.45, 7) is 11.8. The zero-order valence-electron chi connectivity index (χ0n) is 12.8. The second kappa shape index (κ2) is 9.02. The van der Waals surface area contributed by atoms with Crippen molar-refractivity contribution in [3.63, 3.8) is 0 Å². The van der Waals surface area contributed by atoms with Gasteiger partial charge < -0.3 is 18.4 Å². The third-order valence-electron chi connectivity index (χ3n) is 2.83. The molecule has 1 N–H and O–H groups in total. The predicted octanol–water partition coefficient (Wildman–Crippen LogP) is 3.73. The number of thiocarbonyl (C=S) groups is 1. The maximum Gasteiger partial charge on any atom is 0.500 e. The first-order valence-electron chi connectivity index (χ1n) is 6.94. The molecule has 0 saturated heterocycles. The second-order valence-electron chi connectivity index (χ2n) is 5.22. The standard InChI is InChI=1S/C13H28O4SSi/c1-6-15-19(16-7-2,17-8-3)10-9-13(4,5)11-12(14)18/h6-11H2,1-5H3,(H,14,18). The molecule has 0 amide bonds. The lowest BCUT2D eigenvalue weighted by Gasteiger charge is -2.32. The van der Waals surface area contributed by atoms with Crippen molar-refractivity contribution in [1.82, 2.24) is 0 Å². The summed E-state index contributed by atoms with van der Waals surface area (Å²) in [5, 5.41) is 9.33. The molecule has 4 nitrogen and oxygen atoms in total. The van der Waals surface area contributed by atoms with Crippen LogP contribution in [0.5, 0.6) is 0 Å². The molecule has 0 aromatic rings. The highest BCUT2D eigenvalue weighted by atomic mass is 32.1. The van der Waals surface area contributed by atoms with E-state index in [2.05, 4.69) is 13.8 Å². The molecule has 0 atom stereocenters. The first kappa shape index (κ1) is 19.0. The Balaban J connectivity index is 4.66. The minimum absolute atomic E-state index is 0.0569. The molecule has 0 saturated carbocycles. The molecule has 114 valence electrons. The molecule has 0 unspecified atom stereocenters. The van der Waals surface area contributed by atoms with Crippen LogP contribution in [0.15, 0.2) is 0 Å². The Kier molecular flexibility index (Phi) is 9.01. The fourth-order valence-corrected chi connectivity index (χ4v) is 5.37. The fourth-order valence-electron chi connectivity index (χ4n) is 1.99. The first-order chi connectivity index (χ1) is 8.81. The fraction of sp³-hybridized carbons (Fsp3) is 0.923. The van der Waals surface area contributed by atoms with Crippen LogP contribution in [0, 0.1) is 5.41 Å². The van der Waals surface area contributed by atoms with Gasteiger partial charge in [0.25, 0.3) is 0 Å². The quantitative estimate of drug-likeness (QED) is 0.465. The van der Waals surface area contributed by atoms with Crippen LogP contribution in [0.1, 0.15) is 47.5 Å². The monoisotopic (exact) mass is 308 g/mol. The van der Waals surface area contributed by atoms with Gasteiger partial charge in [0, 0.05) is 32.3 Å². The summed E-state index contributed by atoms with van der Waals surface area (Å²) >= 11 is 4.78. The molecule has 0 heterocycles. The first-order valence-corrected chi connectivity index (χ1v) is 9.28. The molecule has 0 fully saturated rings. The second-order valence-corrected chi connectivity index (χ2v) is 8.42. The lowest BCUT2D eigenvalue weighted by Crippen LogP contribution is -2.46. The molecule has 0 aromatic carbocycles. The highest BCUT2D eigenvalue weighted by Gasteiger charge is 2.41. The van der Waals surface area contributed by atoms with Crippen LogP contribution in [0.2, 0.25) is 6.04 Å². The summed E-state index contributed by atoms with van der Waals surface area (Å²) in [7, 11) is -2.58. The van der Waals surface area contributed by atoms with E-state index in [0.29, 0.717) is 26.2 Å². The van der Waals surface area contributed by atoms with Gasteiger partial charge in [0.05, 0.1) is 0 Å². The van der Waals surface area contributed by atoms with Crippen LogP contribution >= 0.6 is 12.2 Å². The molecule has 19 heavy (non-hydrogen) atoms. The van der Waals surface area contributed by atoms with E-state index in [9.17, 15) is 5.11 Å². The van der Waals surface area contributed by atoms with Crippen LogP contribution < -0.4 is 0 Å². The highest BCUT2D eigenvalue weighted by Crippen LogP contribution is 2.31. The molecule has 0 radical (unpaired) electrons. The Morgan fingerprint density at radius 3 is 1.79 bits per heavy atom. The van der Waals surface area contributed by atoms with Crippen LogP contribution in [-0.2, 0) is 13.3 Å². The number of aliphatic hydroxyl groups excluding tert-OH is 1. The van der Waals surface area contributed by atoms with Crippen molar-refractivity contribution in [2.75, 3.05) is 19.8 Å². The average molecular weight is 309 g/mol. The lowest BCUT2D eigenvalue weighted by molar-refractivity contribution is 0.0678.